The number of nitrogens with zero attached hydrogens (tertiary/aromatic N) is 2. The highest BCUT2D eigenvalue weighted by Crippen LogP contribution is 2.21. The lowest BCUT2D eigenvalue weighted by atomic mass is 10.0. The molecule has 0 aromatic carbocycles. The number of aryl methyl sites for hydroxylation is 2. The van der Waals surface area contributed by atoms with Crippen molar-refractivity contribution < 1.29 is 9.47 Å². The summed E-state index contributed by atoms with van der Waals surface area (Å²) >= 11 is 0. The topological polar surface area (TPSA) is 56.3 Å². The molecule has 1 atom stereocenters. The van der Waals surface area contributed by atoms with Crippen LogP contribution in [0.3, 0.4) is 0 Å². The van der Waals surface area contributed by atoms with Crippen LogP contribution in [-0.4, -0.2) is 43.4 Å². The second-order valence-corrected chi connectivity index (χ2v) is 4.95. The van der Waals surface area contributed by atoms with Crippen LogP contribution in [0, 0.1) is 0 Å². The van der Waals surface area contributed by atoms with E-state index in [1.807, 2.05) is 7.05 Å². The van der Waals surface area contributed by atoms with E-state index in [0.29, 0.717) is 19.8 Å². The molecular weight excluding hydrogens is 254 g/mol. The summed E-state index contributed by atoms with van der Waals surface area (Å²) in [7, 11) is 1.97. The third-order valence-corrected chi connectivity index (χ3v) is 3.59. The molecule has 0 bridgehead atoms. The summed E-state index contributed by atoms with van der Waals surface area (Å²) in [6, 6.07) is 0. The fraction of sp³-hybridized carbons (Fsp3) is 0.733. The van der Waals surface area contributed by atoms with Crippen LogP contribution in [0.25, 0.3) is 0 Å². The van der Waals surface area contributed by atoms with Crippen LogP contribution in [0.1, 0.15) is 42.7 Å². The molecule has 1 aliphatic heterocycles. The predicted molar refractivity (Wildman–Crippen MR) is 77.9 cm³/mol. The molecule has 0 radical (unpaired) electrons. The number of aromatic nitrogens is 2. The molecule has 0 spiro atoms. The molecule has 0 amide bonds. The summed E-state index contributed by atoms with van der Waals surface area (Å²) < 4.78 is 11.2. The quantitative estimate of drug-likeness (QED) is 0.854. The molecule has 0 saturated carbocycles. The molecule has 5 nitrogen and oxygen atoms in total. The standard InChI is InChI=1S/C15H25N3O2/c1-4-12-11(6-7-16-3)13(5-2)18-15(17-12)14-10-19-8-9-20-14/h14,16H,4-10H2,1-3H3. The molecule has 1 aromatic heterocycles. The van der Waals surface area contributed by atoms with E-state index in [9.17, 15) is 0 Å². The first-order valence-corrected chi connectivity index (χ1v) is 7.52. The first-order chi connectivity index (χ1) is 9.80. The summed E-state index contributed by atoms with van der Waals surface area (Å²) in [6.07, 6.45) is 2.72. The Morgan fingerprint density at radius 2 is 1.85 bits per heavy atom. The van der Waals surface area contributed by atoms with Crippen molar-refractivity contribution in [3.05, 3.63) is 22.8 Å². The van der Waals surface area contributed by atoms with Crippen LogP contribution in [-0.2, 0) is 28.7 Å². The van der Waals surface area contributed by atoms with E-state index in [1.165, 1.54) is 5.56 Å². The fourth-order valence-corrected chi connectivity index (χ4v) is 2.51. The van der Waals surface area contributed by atoms with Gasteiger partial charge in [0.1, 0.15) is 6.10 Å². The fourth-order valence-electron chi connectivity index (χ4n) is 2.51. The summed E-state index contributed by atoms with van der Waals surface area (Å²) in [4.78, 5) is 9.46. The van der Waals surface area contributed by atoms with E-state index < -0.39 is 0 Å². The predicted octanol–water partition coefficient (Wildman–Crippen LogP) is 1.45. The first kappa shape index (κ1) is 15.4. The summed E-state index contributed by atoms with van der Waals surface area (Å²) in [5.74, 6) is 0.784. The molecule has 1 unspecified atom stereocenters. The minimum atomic E-state index is -0.113. The van der Waals surface area contributed by atoms with E-state index in [0.717, 1.165) is 43.0 Å². The maximum Gasteiger partial charge on any atom is 0.160 e. The molecule has 5 heteroatoms. The molecule has 0 aliphatic carbocycles. The third-order valence-electron chi connectivity index (χ3n) is 3.59. The zero-order valence-electron chi connectivity index (χ0n) is 12.7. The maximum absolute atomic E-state index is 5.72. The van der Waals surface area contributed by atoms with Crippen molar-refractivity contribution >= 4 is 0 Å². The molecule has 1 aromatic rings. The Hall–Kier alpha value is -1.04. The second kappa shape index (κ2) is 7.67. The summed E-state index contributed by atoms with van der Waals surface area (Å²) in [6.45, 7) is 7.09. The zero-order chi connectivity index (χ0) is 14.4. The second-order valence-electron chi connectivity index (χ2n) is 4.95. The minimum Gasteiger partial charge on any atom is -0.376 e. The number of rotatable bonds is 6. The van der Waals surface area contributed by atoms with Crippen molar-refractivity contribution in [2.75, 3.05) is 33.4 Å². The van der Waals surface area contributed by atoms with Crippen LogP contribution in [0.5, 0.6) is 0 Å². The smallest absolute Gasteiger partial charge is 0.160 e. The largest absolute Gasteiger partial charge is 0.376 e. The van der Waals surface area contributed by atoms with Gasteiger partial charge >= 0.3 is 0 Å². The van der Waals surface area contributed by atoms with Crippen LogP contribution >= 0.6 is 0 Å². The van der Waals surface area contributed by atoms with Gasteiger partial charge in [0.2, 0.25) is 0 Å². The van der Waals surface area contributed by atoms with Crippen molar-refractivity contribution in [1.29, 1.82) is 0 Å². The highest BCUT2D eigenvalue weighted by atomic mass is 16.6. The number of hydrogen-bond acceptors (Lipinski definition) is 5. The van der Waals surface area contributed by atoms with Gasteiger partial charge in [0.05, 0.1) is 19.8 Å². The molecular formula is C15H25N3O2. The molecule has 112 valence electrons. The van der Waals surface area contributed by atoms with E-state index >= 15 is 0 Å². The van der Waals surface area contributed by atoms with Crippen LogP contribution in [0.2, 0.25) is 0 Å². The van der Waals surface area contributed by atoms with Crippen molar-refractivity contribution in [1.82, 2.24) is 15.3 Å². The number of hydrogen-bond donors (Lipinski definition) is 1. The van der Waals surface area contributed by atoms with E-state index in [2.05, 4.69) is 19.2 Å². The van der Waals surface area contributed by atoms with E-state index in [1.54, 1.807) is 0 Å². The number of ether oxygens (including phenoxy) is 2. The van der Waals surface area contributed by atoms with Crippen molar-refractivity contribution in [3.63, 3.8) is 0 Å². The van der Waals surface area contributed by atoms with Gasteiger partial charge in [-0.1, -0.05) is 13.8 Å². The molecule has 1 fully saturated rings. The third kappa shape index (κ3) is 3.53. The zero-order valence-corrected chi connectivity index (χ0v) is 12.7. The highest BCUT2D eigenvalue weighted by Gasteiger charge is 2.22. The van der Waals surface area contributed by atoms with Crippen molar-refractivity contribution in [3.8, 4) is 0 Å². The monoisotopic (exact) mass is 279 g/mol. The Kier molecular flexibility index (Phi) is 5.88. The van der Waals surface area contributed by atoms with Gasteiger partial charge in [-0.3, -0.25) is 0 Å². The Morgan fingerprint density at radius 3 is 2.35 bits per heavy atom. The molecule has 2 heterocycles. The molecule has 1 aliphatic rings. The van der Waals surface area contributed by atoms with Gasteiger partial charge in [-0.05, 0) is 38.4 Å². The summed E-state index contributed by atoms with van der Waals surface area (Å²) in [5.41, 5.74) is 3.59. The Morgan fingerprint density at radius 1 is 1.15 bits per heavy atom. The van der Waals surface area contributed by atoms with Gasteiger partial charge in [0.15, 0.2) is 5.82 Å². The van der Waals surface area contributed by atoms with Crippen molar-refractivity contribution in [2.45, 2.75) is 39.2 Å². The average molecular weight is 279 g/mol. The number of nitrogens with one attached hydrogen (secondary N) is 1. The molecule has 1 saturated heterocycles. The lowest BCUT2D eigenvalue weighted by molar-refractivity contribution is -0.0936. The lowest BCUT2D eigenvalue weighted by Crippen LogP contribution is -2.25. The van der Waals surface area contributed by atoms with Gasteiger partial charge < -0.3 is 14.8 Å². The maximum atomic E-state index is 5.72. The van der Waals surface area contributed by atoms with Crippen LogP contribution in [0.4, 0.5) is 0 Å². The van der Waals surface area contributed by atoms with Crippen molar-refractivity contribution in [2.24, 2.45) is 0 Å². The molecule has 20 heavy (non-hydrogen) atoms. The van der Waals surface area contributed by atoms with Gasteiger partial charge in [-0.15, -0.1) is 0 Å². The van der Waals surface area contributed by atoms with Gasteiger partial charge in [0, 0.05) is 11.4 Å². The van der Waals surface area contributed by atoms with Crippen LogP contribution in [0.15, 0.2) is 0 Å². The molecule has 1 N–H and O–H groups in total. The van der Waals surface area contributed by atoms with Gasteiger partial charge in [0.25, 0.3) is 0 Å². The van der Waals surface area contributed by atoms with E-state index in [-0.39, 0.29) is 6.10 Å². The summed E-state index contributed by atoms with van der Waals surface area (Å²) in [5, 5.41) is 3.20. The van der Waals surface area contributed by atoms with Crippen LogP contribution < -0.4 is 5.32 Å². The number of likely N-dealkylation sites (N-methyl/N-ethyl adjacent to an activating group) is 1. The Bertz CT molecular complexity index is 406. The Balaban J connectivity index is 2.30. The van der Waals surface area contributed by atoms with Gasteiger partial charge in [-0.25, -0.2) is 9.97 Å². The minimum absolute atomic E-state index is 0.113. The first-order valence-electron chi connectivity index (χ1n) is 7.52. The van der Waals surface area contributed by atoms with Gasteiger partial charge in [-0.2, -0.15) is 0 Å². The molecule has 2 rings (SSSR count). The SMILES string of the molecule is CCc1nc(C2COCCO2)nc(CC)c1CCNC. The Labute approximate surface area is 121 Å². The van der Waals surface area contributed by atoms with E-state index in [4.69, 9.17) is 19.4 Å². The normalized spacial score (nSPS) is 19.2. The lowest BCUT2D eigenvalue weighted by Gasteiger charge is -2.23. The average Bonchev–Trinajstić information content (AvgIpc) is 2.52. The highest BCUT2D eigenvalue weighted by molar-refractivity contribution is 5.27.